The van der Waals surface area contributed by atoms with E-state index in [9.17, 15) is 4.79 Å². The van der Waals surface area contributed by atoms with Gasteiger partial charge in [0.2, 0.25) is 0 Å². The molecule has 1 aromatic heterocycles. The fourth-order valence-corrected chi connectivity index (χ4v) is 3.28. The lowest BCUT2D eigenvalue weighted by Gasteiger charge is -2.34. The van der Waals surface area contributed by atoms with E-state index in [2.05, 4.69) is 15.2 Å². The Labute approximate surface area is 166 Å². The van der Waals surface area contributed by atoms with Gasteiger partial charge in [0, 0.05) is 51.0 Å². The Bertz CT molecular complexity index is 762. The maximum absolute atomic E-state index is 12.6. The minimum atomic E-state index is -0.0530. The van der Waals surface area contributed by atoms with E-state index < -0.39 is 0 Å². The third-order valence-electron chi connectivity index (χ3n) is 4.77. The van der Waals surface area contributed by atoms with Crippen LogP contribution in [0.1, 0.15) is 18.2 Å². The number of urea groups is 1. The first-order chi connectivity index (χ1) is 13.7. The molecule has 1 saturated heterocycles. The highest BCUT2D eigenvalue weighted by Gasteiger charge is 2.21. The van der Waals surface area contributed by atoms with Crippen LogP contribution in [0.4, 0.5) is 4.79 Å². The van der Waals surface area contributed by atoms with Gasteiger partial charge in [-0.05, 0) is 25.1 Å². The molecule has 0 aliphatic carbocycles. The van der Waals surface area contributed by atoms with Gasteiger partial charge in [0.25, 0.3) is 0 Å². The predicted octanol–water partition coefficient (Wildman–Crippen LogP) is 2.52. The zero-order chi connectivity index (χ0) is 19.8. The normalized spacial score (nSPS) is 14.6. The SMILES string of the molecule is CCOc1c(CNC(=O)N2CCN(Cc3ccccn3)CC2)cccc1OC. The van der Waals surface area contributed by atoms with Gasteiger partial charge < -0.3 is 19.7 Å². The van der Waals surface area contributed by atoms with E-state index in [-0.39, 0.29) is 6.03 Å². The number of rotatable bonds is 7. The molecule has 0 unspecified atom stereocenters. The predicted molar refractivity (Wildman–Crippen MR) is 107 cm³/mol. The molecule has 1 aliphatic heterocycles. The van der Waals surface area contributed by atoms with Crippen LogP contribution in [-0.4, -0.2) is 60.7 Å². The Kier molecular flexibility index (Phi) is 7.08. The van der Waals surface area contributed by atoms with Crippen molar-refractivity contribution in [2.45, 2.75) is 20.0 Å². The van der Waals surface area contributed by atoms with E-state index in [0.717, 1.165) is 30.9 Å². The molecular formula is C21H28N4O3. The average molecular weight is 384 g/mol. The molecule has 1 N–H and O–H groups in total. The molecule has 1 aliphatic rings. The molecule has 1 aromatic carbocycles. The lowest BCUT2D eigenvalue weighted by molar-refractivity contribution is 0.134. The van der Waals surface area contributed by atoms with Crippen LogP contribution < -0.4 is 14.8 Å². The number of nitrogens with zero attached hydrogens (tertiary/aromatic N) is 3. The molecule has 1 fully saturated rings. The highest BCUT2D eigenvalue weighted by atomic mass is 16.5. The zero-order valence-corrected chi connectivity index (χ0v) is 16.6. The van der Waals surface area contributed by atoms with Gasteiger partial charge >= 0.3 is 6.03 Å². The summed E-state index contributed by atoms with van der Waals surface area (Å²) in [5, 5.41) is 3.00. The minimum Gasteiger partial charge on any atom is -0.493 e. The molecule has 3 rings (SSSR count). The first-order valence-corrected chi connectivity index (χ1v) is 9.65. The largest absolute Gasteiger partial charge is 0.493 e. The quantitative estimate of drug-likeness (QED) is 0.795. The highest BCUT2D eigenvalue weighted by molar-refractivity contribution is 5.74. The summed E-state index contributed by atoms with van der Waals surface area (Å²) in [6, 6.07) is 11.6. The molecule has 150 valence electrons. The Balaban J connectivity index is 1.50. The summed E-state index contributed by atoms with van der Waals surface area (Å²) in [5.74, 6) is 1.37. The summed E-state index contributed by atoms with van der Waals surface area (Å²) < 4.78 is 11.1. The third-order valence-corrected chi connectivity index (χ3v) is 4.77. The van der Waals surface area contributed by atoms with Crippen molar-refractivity contribution in [1.82, 2.24) is 20.1 Å². The summed E-state index contributed by atoms with van der Waals surface area (Å²) in [5.41, 5.74) is 1.96. The molecule has 7 heteroatoms. The Hall–Kier alpha value is -2.80. The number of ether oxygens (including phenoxy) is 2. The second-order valence-corrected chi connectivity index (χ2v) is 6.62. The number of methoxy groups -OCH3 is 1. The van der Waals surface area contributed by atoms with Gasteiger partial charge in [0.15, 0.2) is 11.5 Å². The molecule has 28 heavy (non-hydrogen) atoms. The van der Waals surface area contributed by atoms with Crippen molar-refractivity contribution in [3.63, 3.8) is 0 Å². The van der Waals surface area contributed by atoms with E-state index in [1.54, 1.807) is 7.11 Å². The van der Waals surface area contributed by atoms with Gasteiger partial charge in [-0.1, -0.05) is 18.2 Å². The molecule has 7 nitrogen and oxygen atoms in total. The number of para-hydroxylation sites is 1. The van der Waals surface area contributed by atoms with E-state index >= 15 is 0 Å². The Morgan fingerprint density at radius 3 is 2.64 bits per heavy atom. The van der Waals surface area contributed by atoms with Gasteiger partial charge in [-0.25, -0.2) is 4.79 Å². The molecule has 2 aromatic rings. The number of amides is 2. The van der Waals surface area contributed by atoms with Gasteiger partial charge in [-0.3, -0.25) is 9.88 Å². The van der Waals surface area contributed by atoms with Crippen molar-refractivity contribution >= 4 is 6.03 Å². The molecular weight excluding hydrogens is 356 g/mol. The smallest absolute Gasteiger partial charge is 0.317 e. The van der Waals surface area contributed by atoms with Crippen LogP contribution in [0.15, 0.2) is 42.6 Å². The fourth-order valence-electron chi connectivity index (χ4n) is 3.28. The van der Waals surface area contributed by atoms with Crippen molar-refractivity contribution in [1.29, 1.82) is 0 Å². The molecule has 0 bridgehead atoms. The number of aromatic nitrogens is 1. The van der Waals surface area contributed by atoms with Crippen molar-refractivity contribution in [2.75, 3.05) is 39.9 Å². The number of carbonyl (C=O) groups is 1. The van der Waals surface area contributed by atoms with E-state index in [1.807, 2.05) is 54.4 Å². The third kappa shape index (κ3) is 5.13. The highest BCUT2D eigenvalue weighted by Crippen LogP contribution is 2.31. The summed E-state index contributed by atoms with van der Waals surface area (Å²) in [4.78, 5) is 21.1. The van der Waals surface area contributed by atoms with Crippen LogP contribution >= 0.6 is 0 Å². The molecule has 0 spiro atoms. The van der Waals surface area contributed by atoms with Crippen molar-refractivity contribution in [3.05, 3.63) is 53.9 Å². The summed E-state index contributed by atoms with van der Waals surface area (Å²) >= 11 is 0. The van der Waals surface area contributed by atoms with Crippen LogP contribution in [0.2, 0.25) is 0 Å². The van der Waals surface area contributed by atoms with Crippen LogP contribution in [-0.2, 0) is 13.1 Å². The number of nitrogens with one attached hydrogen (secondary N) is 1. The molecule has 2 heterocycles. The minimum absolute atomic E-state index is 0.0530. The van der Waals surface area contributed by atoms with Crippen LogP contribution in [0.5, 0.6) is 11.5 Å². The lowest BCUT2D eigenvalue weighted by atomic mass is 10.2. The maximum atomic E-state index is 12.6. The topological polar surface area (TPSA) is 66.9 Å². The number of piperazine rings is 1. The van der Waals surface area contributed by atoms with E-state index in [1.165, 1.54) is 0 Å². The monoisotopic (exact) mass is 384 g/mol. The number of hydrogen-bond acceptors (Lipinski definition) is 5. The summed E-state index contributed by atoms with van der Waals surface area (Å²) in [6.07, 6.45) is 1.81. The Morgan fingerprint density at radius 1 is 1.14 bits per heavy atom. The molecule has 0 saturated carbocycles. The maximum Gasteiger partial charge on any atom is 0.317 e. The molecule has 0 radical (unpaired) electrons. The summed E-state index contributed by atoms with van der Waals surface area (Å²) in [6.45, 7) is 6.78. The average Bonchev–Trinajstić information content (AvgIpc) is 2.74. The summed E-state index contributed by atoms with van der Waals surface area (Å²) in [7, 11) is 1.62. The first kappa shape index (κ1) is 19.9. The number of pyridine rings is 1. The van der Waals surface area contributed by atoms with Crippen molar-refractivity contribution < 1.29 is 14.3 Å². The van der Waals surface area contributed by atoms with Crippen LogP contribution in [0.3, 0.4) is 0 Å². The van der Waals surface area contributed by atoms with Gasteiger partial charge in [-0.15, -0.1) is 0 Å². The lowest BCUT2D eigenvalue weighted by Crippen LogP contribution is -2.51. The van der Waals surface area contributed by atoms with Gasteiger partial charge in [0.05, 0.1) is 19.4 Å². The zero-order valence-electron chi connectivity index (χ0n) is 16.6. The standard InChI is InChI=1S/C21H28N4O3/c1-3-28-20-17(7-6-9-19(20)27-2)15-23-21(26)25-13-11-24(12-14-25)16-18-8-4-5-10-22-18/h4-10H,3,11-16H2,1-2H3,(H,23,26). The van der Waals surface area contributed by atoms with Crippen molar-refractivity contribution in [3.8, 4) is 11.5 Å². The van der Waals surface area contributed by atoms with Gasteiger partial charge in [0.1, 0.15) is 0 Å². The fraction of sp³-hybridized carbons (Fsp3) is 0.429. The number of benzene rings is 1. The second-order valence-electron chi connectivity index (χ2n) is 6.62. The van der Waals surface area contributed by atoms with Crippen molar-refractivity contribution in [2.24, 2.45) is 0 Å². The van der Waals surface area contributed by atoms with Gasteiger partial charge in [-0.2, -0.15) is 0 Å². The molecule has 0 atom stereocenters. The number of hydrogen-bond donors (Lipinski definition) is 1. The van der Waals surface area contributed by atoms with Crippen LogP contribution in [0, 0.1) is 0 Å². The van der Waals surface area contributed by atoms with E-state index in [0.29, 0.717) is 37.7 Å². The first-order valence-electron chi connectivity index (χ1n) is 9.65. The van der Waals surface area contributed by atoms with E-state index in [4.69, 9.17) is 9.47 Å². The van der Waals surface area contributed by atoms with Crippen LogP contribution in [0.25, 0.3) is 0 Å². The second kappa shape index (κ2) is 9.94. The molecule has 2 amide bonds. The number of carbonyl (C=O) groups excluding carboxylic acids is 1. The Morgan fingerprint density at radius 2 is 1.96 bits per heavy atom.